The van der Waals surface area contributed by atoms with E-state index in [4.69, 9.17) is 9.79 Å². The lowest BCUT2D eigenvalue weighted by molar-refractivity contribution is 0.0972. The number of nitrogens with one attached hydrogen (secondary N) is 1. The van der Waals surface area contributed by atoms with Crippen molar-refractivity contribution in [3.63, 3.8) is 0 Å². The van der Waals surface area contributed by atoms with Gasteiger partial charge in [-0.05, 0) is 24.3 Å². The number of carbonyl (C=O) groups is 1. The van der Waals surface area contributed by atoms with Gasteiger partial charge in [0.25, 0.3) is 5.91 Å². The van der Waals surface area contributed by atoms with Crippen LogP contribution in [0.5, 0.6) is 0 Å². The molecule has 1 aromatic rings. The first-order valence-electron chi connectivity index (χ1n) is 3.52. The van der Waals surface area contributed by atoms with Crippen molar-refractivity contribution in [2.24, 2.45) is 0 Å². The third kappa shape index (κ3) is 3.59. The van der Waals surface area contributed by atoms with E-state index in [0.717, 1.165) is 4.47 Å². The third-order valence-electron chi connectivity index (χ3n) is 1.35. The summed E-state index contributed by atoms with van der Waals surface area (Å²) in [6.07, 6.45) is 0. The van der Waals surface area contributed by atoms with E-state index in [1.54, 1.807) is 17.2 Å². The van der Waals surface area contributed by atoms with Gasteiger partial charge >= 0.3 is 7.75 Å². The topological polar surface area (TPSA) is 86.6 Å². The van der Waals surface area contributed by atoms with Gasteiger partial charge in [0.15, 0.2) is 0 Å². The van der Waals surface area contributed by atoms with Crippen LogP contribution in [0.15, 0.2) is 28.7 Å². The Labute approximate surface area is 88.5 Å². The maximum absolute atomic E-state index is 11.2. The molecule has 0 spiro atoms. The van der Waals surface area contributed by atoms with Gasteiger partial charge in [0.2, 0.25) is 0 Å². The molecule has 0 radical (unpaired) electrons. The van der Waals surface area contributed by atoms with Crippen molar-refractivity contribution in [2.45, 2.75) is 0 Å². The number of hydrogen-bond donors (Lipinski definition) is 3. The van der Waals surface area contributed by atoms with E-state index in [9.17, 15) is 9.36 Å². The number of hydrogen-bond acceptors (Lipinski definition) is 2. The van der Waals surface area contributed by atoms with E-state index in [-0.39, 0.29) is 5.56 Å². The quantitative estimate of drug-likeness (QED) is 0.712. The number of amides is 1. The molecule has 0 aliphatic heterocycles. The Morgan fingerprint density at radius 3 is 2.21 bits per heavy atom. The monoisotopic (exact) mass is 279 g/mol. The molecule has 7 heteroatoms. The van der Waals surface area contributed by atoms with Crippen molar-refractivity contribution in [2.75, 3.05) is 0 Å². The number of halogens is 1. The van der Waals surface area contributed by atoms with E-state index in [1.807, 2.05) is 0 Å². The highest BCUT2D eigenvalue weighted by molar-refractivity contribution is 9.10. The Kier molecular flexibility index (Phi) is 3.44. The van der Waals surface area contributed by atoms with Crippen molar-refractivity contribution < 1.29 is 19.1 Å². The summed E-state index contributed by atoms with van der Waals surface area (Å²) in [6, 6.07) is 6.12. The molecule has 5 nitrogen and oxygen atoms in total. The molecule has 0 atom stereocenters. The molecule has 76 valence electrons. The Morgan fingerprint density at radius 1 is 1.29 bits per heavy atom. The molecule has 0 fully saturated rings. The van der Waals surface area contributed by atoms with Crippen molar-refractivity contribution in [3.05, 3.63) is 34.3 Å². The summed E-state index contributed by atoms with van der Waals surface area (Å²) in [6.45, 7) is 0. The van der Waals surface area contributed by atoms with E-state index < -0.39 is 13.7 Å². The van der Waals surface area contributed by atoms with Gasteiger partial charge in [-0.25, -0.2) is 4.57 Å². The second kappa shape index (κ2) is 4.23. The van der Waals surface area contributed by atoms with Crippen LogP contribution in [0, 0.1) is 0 Å². The van der Waals surface area contributed by atoms with Gasteiger partial charge in [0, 0.05) is 10.0 Å². The highest BCUT2D eigenvalue weighted by Gasteiger charge is 2.17. The number of benzene rings is 1. The van der Waals surface area contributed by atoms with Gasteiger partial charge in [-0.15, -0.1) is 0 Å². The van der Waals surface area contributed by atoms with Crippen LogP contribution in [0.2, 0.25) is 0 Å². The second-order valence-corrected chi connectivity index (χ2v) is 4.72. The number of rotatable bonds is 2. The zero-order chi connectivity index (χ0) is 10.8. The highest BCUT2D eigenvalue weighted by Crippen LogP contribution is 2.28. The molecule has 3 N–H and O–H groups in total. The van der Waals surface area contributed by atoms with Crippen molar-refractivity contribution >= 4 is 29.6 Å². The summed E-state index contributed by atoms with van der Waals surface area (Å²) in [5.41, 5.74) is 0.191. The first kappa shape index (κ1) is 11.4. The van der Waals surface area contributed by atoms with Crippen LogP contribution in [0.4, 0.5) is 0 Å². The van der Waals surface area contributed by atoms with Crippen LogP contribution in [-0.2, 0) is 4.57 Å². The van der Waals surface area contributed by atoms with Crippen molar-refractivity contribution in [1.82, 2.24) is 5.09 Å². The number of carbonyl (C=O) groups excluding carboxylic acids is 1. The first-order chi connectivity index (χ1) is 6.38. The maximum atomic E-state index is 11.2. The molecule has 1 aromatic carbocycles. The van der Waals surface area contributed by atoms with Crippen LogP contribution in [0.1, 0.15) is 10.4 Å². The van der Waals surface area contributed by atoms with E-state index in [0.29, 0.717) is 0 Å². The lowest BCUT2D eigenvalue weighted by Crippen LogP contribution is -2.19. The van der Waals surface area contributed by atoms with Crippen LogP contribution >= 0.6 is 23.7 Å². The van der Waals surface area contributed by atoms with Crippen molar-refractivity contribution in [1.29, 1.82) is 0 Å². The minimum absolute atomic E-state index is 0.191. The molecule has 14 heavy (non-hydrogen) atoms. The Morgan fingerprint density at radius 2 is 1.79 bits per heavy atom. The lowest BCUT2D eigenvalue weighted by atomic mass is 10.2. The normalized spacial score (nSPS) is 11.1. The molecule has 0 aliphatic rings. The summed E-state index contributed by atoms with van der Waals surface area (Å²) in [7, 11) is -4.51. The predicted octanol–water partition coefficient (Wildman–Crippen LogP) is 1.27. The van der Waals surface area contributed by atoms with Gasteiger partial charge < -0.3 is 9.79 Å². The molecular weight excluding hydrogens is 273 g/mol. The van der Waals surface area contributed by atoms with Gasteiger partial charge in [-0.2, -0.15) is 0 Å². The Bertz CT molecular complexity index is 385. The zero-order valence-corrected chi connectivity index (χ0v) is 9.33. The zero-order valence-electron chi connectivity index (χ0n) is 6.85. The fourth-order valence-corrected chi connectivity index (χ4v) is 1.46. The summed E-state index contributed by atoms with van der Waals surface area (Å²) >= 11 is 3.17. The fourth-order valence-electron chi connectivity index (χ4n) is 0.798. The SMILES string of the molecule is O=C(NP(=O)(O)O)c1ccc(Br)cc1. The minimum Gasteiger partial charge on any atom is -0.308 e. The largest absolute Gasteiger partial charge is 0.430 e. The molecule has 0 aliphatic carbocycles. The third-order valence-corrected chi connectivity index (χ3v) is 2.38. The summed E-state index contributed by atoms with van der Waals surface area (Å²) in [4.78, 5) is 28.1. The first-order valence-corrected chi connectivity index (χ1v) is 5.93. The van der Waals surface area contributed by atoms with Gasteiger partial charge in [0.05, 0.1) is 0 Å². The second-order valence-electron chi connectivity index (χ2n) is 2.49. The van der Waals surface area contributed by atoms with Crippen molar-refractivity contribution in [3.8, 4) is 0 Å². The molecule has 0 unspecified atom stereocenters. The summed E-state index contributed by atoms with van der Waals surface area (Å²) in [5, 5.41) is 1.57. The molecule has 0 aromatic heterocycles. The van der Waals surface area contributed by atoms with Gasteiger partial charge in [0.1, 0.15) is 0 Å². The van der Waals surface area contributed by atoms with E-state index in [1.165, 1.54) is 12.1 Å². The van der Waals surface area contributed by atoms with Crippen LogP contribution in [0.25, 0.3) is 0 Å². The average Bonchev–Trinajstić information content (AvgIpc) is 2.02. The molecule has 1 rings (SSSR count). The predicted molar refractivity (Wildman–Crippen MR) is 53.7 cm³/mol. The van der Waals surface area contributed by atoms with Gasteiger partial charge in [-0.3, -0.25) is 9.88 Å². The van der Waals surface area contributed by atoms with Gasteiger partial charge in [-0.1, -0.05) is 15.9 Å². The summed E-state index contributed by atoms with van der Waals surface area (Å²) in [5.74, 6) is -0.800. The smallest absolute Gasteiger partial charge is 0.308 e. The Hall–Kier alpha value is -0.680. The maximum Gasteiger partial charge on any atom is 0.430 e. The molecule has 0 heterocycles. The van der Waals surface area contributed by atoms with Crippen LogP contribution < -0.4 is 5.09 Å². The molecular formula is C7H7BrNO4P. The highest BCUT2D eigenvalue weighted by atomic mass is 79.9. The molecule has 0 saturated carbocycles. The van der Waals surface area contributed by atoms with Crippen LogP contribution in [0.3, 0.4) is 0 Å². The minimum atomic E-state index is -4.51. The molecule has 0 saturated heterocycles. The molecule has 0 bridgehead atoms. The average molecular weight is 280 g/mol. The lowest BCUT2D eigenvalue weighted by Gasteiger charge is -2.05. The molecule has 1 amide bonds. The van der Waals surface area contributed by atoms with E-state index >= 15 is 0 Å². The summed E-state index contributed by atoms with van der Waals surface area (Å²) < 4.78 is 11.2. The van der Waals surface area contributed by atoms with Crippen LogP contribution in [-0.4, -0.2) is 15.7 Å². The Balaban J connectivity index is 2.81. The fraction of sp³-hybridized carbons (Fsp3) is 0. The van der Waals surface area contributed by atoms with E-state index in [2.05, 4.69) is 15.9 Å². The standard InChI is InChI=1S/C7H7BrNO4P/c8-6-3-1-5(2-4-6)7(10)9-14(11,12)13/h1-4H,(H3,9,10,11,12,13).